The van der Waals surface area contributed by atoms with Crippen LogP contribution in [-0.2, 0) is 13.1 Å². The molecule has 3 heterocycles. The number of aromatic nitrogens is 1. The molecular formula is C22H32IN5O2S. The number of aryl methyl sites for hydroxylation is 1. The monoisotopic (exact) mass is 557 g/mol. The molecular weight excluding hydrogens is 525 g/mol. The highest BCUT2D eigenvalue weighted by Gasteiger charge is 2.21. The number of hydrogen-bond donors (Lipinski definition) is 1. The van der Waals surface area contributed by atoms with Crippen LogP contribution in [0.2, 0.25) is 0 Å². The maximum absolute atomic E-state index is 5.49. The van der Waals surface area contributed by atoms with Crippen LogP contribution in [0.25, 0.3) is 0 Å². The van der Waals surface area contributed by atoms with E-state index < -0.39 is 0 Å². The highest BCUT2D eigenvalue weighted by atomic mass is 127. The van der Waals surface area contributed by atoms with E-state index in [1.807, 2.05) is 19.2 Å². The molecule has 1 saturated heterocycles. The Morgan fingerprint density at radius 2 is 2.06 bits per heavy atom. The summed E-state index contributed by atoms with van der Waals surface area (Å²) in [4.78, 5) is 13.7. The molecule has 0 radical (unpaired) electrons. The summed E-state index contributed by atoms with van der Waals surface area (Å²) >= 11 is 1.74. The lowest BCUT2D eigenvalue weighted by Gasteiger charge is -2.32. The second-order valence-electron chi connectivity index (χ2n) is 8.05. The van der Waals surface area contributed by atoms with E-state index in [0.717, 1.165) is 55.2 Å². The SMILES string of the molecule is CN=C(NCC1CCN(Cc2csc(C)n2)CC1)N(C)Cc1ccc2c(c1)OCO2.I. The van der Waals surface area contributed by atoms with Gasteiger partial charge in [0.25, 0.3) is 0 Å². The molecule has 2 aliphatic heterocycles. The van der Waals surface area contributed by atoms with Crippen molar-refractivity contribution in [1.82, 2.24) is 20.1 Å². The molecule has 170 valence electrons. The van der Waals surface area contributed by atoms with E-state index in [-0.39, 0.29) is 24.0 Å². The lowest BCUT2D eigenvalue weighted by Crippen LogP contribution is -2.43. The normalized spacial score (nSPS) is 16.8. The number of thiazole rings is 1. The fourth-order valence-electron chi connectivity index (χ4n) is 4.07. The average molecular weight is 558 g/mol. The fourth-order valence-corrected chi connectivity index (χ4v) is 4.67. The van der Waals surface area contributed by atoms with Crippen LogP contribution in [0.5, 0.6) is 11.5 Å². The van der Waals surface area contributed by atoms with Crippen LogP contribution in [0.15, 0.2) is 28.6 Å². The molecule has 0 saturated carbocycles. The van der Waals surface area contributed by atoms with E-state index in [9.17, 15) is 0 Å². The number of nitrogens with zero attached hydrogens (tertiary/aromatic N) is 4. The summed E-state index contributed by atoms with van der Waals surface area (Å²) in [6.07, 6.45) is 2.41. The lowest BCUT2D eigenvalue weighted by atomic mass is 9.97. The van der Waals surface area contributed by atoms with Crippen LogP contribution >= 0.6 is 35.3 Å². The van der Waals surface area contributed by atoms with Gasteiger partial charge in [-0.25, -0.2) is 4.98 Å². The van der Waals surface area contributed by atoms with Gasteiger partial charge in [-0.05, 0) is 56.5 Å². The quantitative estimate of drug-likeness (QED) is 0.332. The molecule has 0 spiro atoms. The number of piperidine rings is 1. The van der Waals surface area contributed by atoms with E-state index in [0.29, 0.717) is 12.7 Å². The maximum atomic E-state index is 5.49. The lowest BCUT2D eigenvalue weighted by molar-refractivity contribution is 0.174. The molecule has 7 nitrogen and oxygen atoms in total. The van der Waals surface area contributed by atoms with E-state index in [4.69, 9.17) is 9.47 Å². The minimum atomic E-state index is 0. The second kappa shape index (κ2) is 11.3. The standard InChI is InChI=1S/C22H31N5O2S.HI/c1-16-25-19(14-30-16)13-27-8-6-17(7-9-27)11-24-22(23-2)26(3)12-18-4-5-20-21(10-18)29-15-28-20;/h4-5,10,14,17H,6-9,11-13,15H2,1-3H3,(H,23,24);1H. The van der Waals surface area contributed by atoms with Crippen LogP contribution in [0.1, 0.15) is 29.1 Å². The summed E-state index contributed by atoms with van der Waals surface area (Å²) in [5.74, 6) is 3.24. The van der Waals surface area contributed by atoms with Crippen molar-refractivity contribution in [2.75, 3.05) is 40.5 Å². The number of likely N-dealkylation sites (tertiary alicyclic amines) is 1. The predicted molar refractivity (Wildman–Crippen MR) is 136 cm³/mol. The van der Waals surface area contributed by atoms with Crippen molar-refractivity contribution in [1.29, 1.82) is 0 Å². The molecule has 0 atom stereocenters. The van der Waals surface area contributed by atoms with Crippen molar-refractivity contribution < 1.29 is 9.47 Å². The molecule has 1 aromatic carbocycles. The molecule has 0 aliphatic carbocycles. The second-order valence-corrected chi connectivity index (χ2v) is 9.11. The molecule has 1 fully saturated rings. The Labute approximate surface area is 205 Å². The fraction of sp³-hybridized carbons (Fsp3) is 0.545. The summed E-state index contributed by atoms with van der Waals surface area (Å²) in [6, 6.07) is 6.10. The summed E-state index contributed by atoms with van der Waals surface area (Å²) in [5.41, 5.74) is 2.38. The average Bonchev–Trinajstić information content (AvgIpc) is 3.38. The van der Waals surface area contributed by atoms with Gasteiger partial charge in [0, 0.05) is 39.1 Å². The number of ether oxygens (including phenoxy) is 2. The third-order valence-corrected chi connectivity index (χ3v) is 6.56. The Hall–Kier alpha value is -1.59. The zero-order valence-corrected chi connectivity index (χ0v) is 21.6. The smallest absolute Gasteiger partial charge is 0.231 e. The van der Waals surface area contributed by atoms with Crippen LogP contribution in [-0.4, -0.2) is 61.3 Å². The highest BCUT2D eigenvalue weighted by molar-refractivity contribution is 14.0. The minimum absolute atomic E-state index is 0. The molecule has 0 unspecified atom stereocenters. The van der Waals surface area contributed by atoms with E-state index in [1.165, 1.54) is 24.1 Å². The molecule has 1 aromatic heterocycles. The molecule has 1 N–H and O–H groups in total. The Morgan fingerprint density at radius 1 is 1.29 bits per heavy atom. The first-order valence-electron chi connectivity index (χ1n) is 10.5. The molecule has 2 aromatic rings. The Kier molecular flexibility index (Phi) is 8.79. The number of aliphatic imine (C=N–C) groups is 1. The minimum Gasteiger partial charge on any atom is -0.454 e. The van der Waals surface area contributed by atoms with Gasteiger partial charge in [-0.2, -0.15) is 0 Å². The summed E-state index contributed by atoms with van der Waals surface area (Å²) < 4.78 is 10.9. The summed E-state index contributed by atoms with van der Waals surface area (Å²) in [5, 5.41) is 6.91. The van der Waals surface area contributed by atoms with Crippen molar-refractivity contribution in [3.63, 3.8) is 0 Å². The van der Waals surface area contributed by atoms with E-state index >= 15 is 0 Å². The molecule has 2 aliphatic rings. The van der Waals surface area contributed by atoms with Crippen molar-refractivity contribution in [3.8, 4) is 11.5 Å². The van der Waals surface area contributed by atoms with E-state index in [1.54, 1.807) is 11.3 Å². The summed E-state index contributed by atoms with van der Waals surface area (Å²) in [7, 11) is 3.91. The maximum Gasteiger partial charge on any atom is 0.231 e. The van der Waals surface area contributed by atoms with Gasteiger partial charge < -0.3 is 19.7 Å². The third-order valence-electron chi connectivity index (χ3n) is 5.74. The summed E-state index contributed by atoms with van der Waals surface area (Å²) in [6.45, 7) is 7.35. The number of halogens is 1. The van der Waals surface area contributed by atoms with Gasteiger partial charge in [0.2, 0.25) is 6.79 Å². The largest absolute Gasteiger partial charge is 0.454 e. The molecule has 4 rings (SSSR count). The number of hydrogen-bond acceptors (Lipinski definition) is 6. The van der Waals surface area contributed by atoms with Gasteiger partial charge >= 0.3 is 0 Å². The number of fused-ring (bicyclic) bond motifs is 1. The van der Waals surface area contributed by atoms with Gasteiger partial charge in [-0.1, -0.05) is 6.07 Å². The Balaban J connectivity index is 0.00000272. The highest BCUT2D eigenvalue weighted by Crippen LogP contribution is 2.32. The van der Waals surface area contributed by atoms with Crippen LogP contribution in [0, 0.1) is 12.8 Å². The van der Waals surface area contributed by atoms with Crippen LogP contribution in [0.3, 0.4) is 0 Å². The number of guanidine groups is 1. The Morgan fingerprint density at radius 3 is 2.77 bits per heavy atom. The van der Waals surface area contributed by atoms with Crippen molar-refractivity contribution in [2.45, 2.75) is 32.9 Å². The molecule has 31 heavy (non-hydrogen) atoms. The topological polar surface area (TPSA) is 62.2 Å². The first-order valence-corrected chi connectivity index (χ1v) is 11.4. The van der Waals surface area contributed by atoms with Crippen molar-refractivity contribution >= 4 is 41.3 Å². The van der Waals surface area contributed by atoms with Gasteiger partial charge in [0.1, 0.15) is 0 Å². The first-order chi connectivity index (χ1) is 14.6. The third kappa shape index (κ3) is 6.45. The molecule has 0 amide bonds. The predicted octanol–water partition coefficient (Wildman–Crippen LogP) is 3.72. The first kappa shape index (κ1) is 24.1. The van der Waals surface area contributed by atoms with E-state index in [2.05, 4.69) is 50.5 Å². The van der Waals surface area contributed by atoms with Crippen molar-refractivity contribution in [3.05, 3.63) is 39.8 Å². The van der Waals surface area contributed by atoms with Gasteiger partial charge in [-0.3, -0.25) is 9.89 Å². The van der Waals surface area contributed by atoms with Crippen LogP contribution < -0.4 is 14.8 Å². The Bertz CT molecular complexity index is 883. The van der Waals surface area contributed by atoms with Crippen LogP contribution in [0.4, 0.5) is 0 Å². The molecule has 0 bridgehead atoms. The van der Waals surface area contributed by atoms with Gasteiger partial charge in [0.05, 0.1) is 10.7 Å². The van der Waals surface area contributed by atoms with Gasteiger partial charge in [-0.15, -0.1) is 35.3 Å². The van der Waals surface area contributed by atoms with Gasteiger partial charge in [0.15, 0.2) is 17.5 Å². The zero-order valence-electron chi connectivity index (χ0n) is 18.5. The number of rotatable bonds is 6. The van der Waals surface area contributed by atoms with Crippen molar-refractivity contribution in [2.24, 2.45) is 10.9 Å². The number of nitrogens with one attached hydrogen (secondary N) is 1. The zero-order chi connectivity index (χ0) is 20.9. The molecule has 9 heteroatoms. The number of benzene rings is 1.